The van der Waals surface area contributed by atoms with E-state index < -0.39 is 18.3 Å². The maximum atomic E-state index is 11.2. The summed E-state index contributed by atoms with van der Waals surface area (Å²) < 4.78 is 0. The average molecular weight is 256 g/mol. The monoisotopic (exact) mass is 256 g/mol. The minimum Gasteiger partial charge on any atom is -0.481 e. The van der Waals surface area contributed by atoms with E-state index in [0.29, 0.717) is 6.54 Å². The van der Waals surface area contributed by atoms with Crippen LogP contribution >= 0.6 is 11.3 Å². The Hall–Kier alpha value is -1.40. The second-order valence-corrected chi connectivity index (χ2v) is 4.85. The Bertz CT molecular complexity index is 376. The zero-order valence-corrected chi connectivity index (χ0v) is 10.7. The van der Waals surface area contributed by atoms with E-state index in [1.165, 1.54) is 0 Å². The molecule has 2 N–H and O–H groups in total. The number of carboxylic acids is 1. The molecule has 0 saturated heterocycles. The zero-order chi connectivity index (χ0) is 12.8. The van der Waals surface area contributed by atoms with Crippen LogP contribution in [0.1, 0.15) is 17.3 Å². The molecule has 1 rings (SSSR count). The van der Waals surface area contributed by atoms with Crippen molar-refractivity contribution in [2.45, 2.75) is 12.5 Å². The third-order valence-electron chi connectivity index (χ3n) is 2.30. The van der Waals surface area contributed by atoms with Crippen molar-refractivity contribution in [1.29, 1.82) is 0 Å². The first-order valence-electron chi connectivity index (χ1n) is 5.19. The molecule has 1 aromatic heterocycles. The Balaban J connectivity index is 2.52. The normalized spacial score (nSPS) is 12.4. The molecular formula is C11H16N2O3S. The van der Waals surface area contributed by atoms with Gasteiger partial charge in [0.1, 0.15) is 6.42 Å². The highest BCUT2D eigenvalue weighted by atomic mass is 32.1. The van der Waals surface area contributed by atoms with Crippen molar-refractivity contribution in [1.82, 2.24) is 10.2 Å². The topological polar surface area (TPSA) is 69.6 Å². The molecule has 17 heavy (non-hydrogen) atoms. The molecule has 0 spiro atoms. The zero-order valence-electron chi connectivity index (χ0n) is 9.84. The first-order chi connectivity index (χ1) is 8.00. The predicted molar refractivity (Wildman–Crippen MR) is 66.0 cm³/mol. The number of thiophene rings is 1. The molecule has 1 heterocycles. The number of rotatable bonds is 6. The molecule has 1 atom stereocenters. The summed E-state index contributed by atoms with van der Waals surface area (Å²) in [4.78, 5) is 24.7. The van der Waals surface area contributed by atoms with Crippen LogP contribution in [-0.2, 0) is 9.59 Å². The molecule has 0 aliphatic heterocycles. The lowest BCUT2D eigenvalue weighted by molar-refractivity contribution is -0.140. The van der Waals surface area contributed by atoms with Crippen molar-refractivity contribution in [3.8, 4) is 0 Å². The number of aliphatic carboxylic acids is 1. The molecular weight excluding hydrogens is 240 g/mol. The Morgan fingerprint density at radius 1 is 1.53 bits per heavy atom. The van der Waals surface area contributed by atoms with E-state index in [-0.39, 0.29) is 6.04 Å². The summed E-state index contributed by atoms with van der Waals surface area (Å²) in [5.74, 6) is -1.57. The van der Waals surface area contributed by atoms with Crippen molar-refractivity contribution < 1.29 is 14.7 Å². The van der Waals surface area contributed by atoms with E-state index in [4.69, 9.17) is 5.11 Å². The number of carboxylic acid groups (broad SMARTS) is 1. The van der Waals surface area contributed by atoms with E-state index in [1.54, 1.807) is 11.3 Å². The van der Waals surface area contributed by atoms with E-state index >= 15 is 0 Å². The van der Waals surface area contributed by atoms with Gasteiger partial charge < -0.3 is 15.3 Å². The minimum absolute atomic E-state index is 0.0766. The average Bonchev–Trinajstić information content (AvgIpc) is 2.69. The van der Waals surface area contributed by atoms with Crippen LogP contribution in [0.25, 0.3) is 0 Å². The lowest BCUT2D eigenvalue weighted by Gasteiger charge is -2.23. The van der Waals surface area contributed by atoms with E-state index in [1.807, 2.05) is 36.5 Å². The lowest BCUT2D eigenvalue weighted by atomic mass is 10.2. The van der Waals surface area contributed by atoms with Crippen LogP contribution in [0.3, 0.4) is 0 Å². The molecule has 0 aromatic carbocycles. The largest absolute Gasteiger partial charge is 0.481 e. The molecule has 94 valence electrons. The van der Waals surface area contributed by atoms with Crippen LogP contribution in [0.5, 0.6) is 0 Å². The molecule has 0 bridgehead atoms. The molecule has 5 nitrogen and oxygen atoms in total. The molecule has 0 aliphatic rings. The second kappa shape index (κ2) is 6.36. The van der Waals surface area contributed by atoms with Gasteiger partial charge in [-0.25, -0.2) is 0 Å². The first-order valence-corrected chi connectivity index (χ1v) is 6.07. The van der Waals surface area contributed by atoms with Gasteiger partial charge in [-0.2, -0.15) is 0 Å². The smallest absolute Gasteiger partial charge is 0.312 e. The fourth-order valence-electron chi connectivity index (χ4n) is 1.43. The van der Waals surface area contributed by atoms with Gasteiger partial charge in [0.2, 0.25) is 5.91 Å². The third kappa shape index (κ3) is 4.54. The summed E-state index contributed by atoms with van der Waals surface area (Å²) in [6.07, 6.45) is -0.482. The van der Waals surface area contributed by atoms with Gasteiger partial charge in [-0.05, 0) is 25.5 Å². The summed E-state index contributed by atoms with van der Waals surface area (Å²) in [5, 5.41) is 13.1. The Morgan fingerprint density at radius 2 is 2.24 bits per heavy atom. The highest BCUT2D eigenvalue weighted by molar-refractivity contribution is 7.10. The highest BCUT2D eigenvalue weighted by Gasteiger charge is 2.16. The SMILES string of the molecule is CN(C)C(CNC(=O)CC(=O)O)c1cccs1. The summed E-state index contributed by atoms with van der Waals surface area (Å²) in [6, 6.07) is 4.03. The lowest BCUT2D eigenvalue weighted by Crippen LogP contribution is -2.34. The van der Waals surface area contributed by atoms with Gasteiger partial charge in [-0.15, -0.1) is 11.3 Å². The number of nitrogens with one attached hydrogen (secondary N) is 1. The molecule has 0 fully saturated rings. The molecule has 0 radical (unpaired) electrons. The fourth-order valence-corrected chi connectivity index (χ4v) is 2.35. The Kier molecular flexibility index (Phi) is 5.11. The first kappa shape index (κ1) is 13.7. The van der Waals surface area contributed by atoms with Crippen molar-refractivity contribution in [2.24, 2.45) is 0 Å². The highest BCUT2D eigenvalue weighted by Crippen LogP contribution is 2.22. The number of likely N-dealkylation sites (N-methyl/N-ethyl adjacent to an activating group) is 1. The molecule has 6 heteroatoms. The van der Waals surface area contributed by atoms with Crippen LogP contribution in [-0.4, -0.2) is 42.5 Å². The number of hydrogen-bond acceptors (Lipinski definition) is 4. The number of amides is 1. The standard InChI is InChI=1S/C11H16N2O3S/c1-13(2)8(9-4-3-5-17-9)7-12-10(14)6-11(15)16/h3-5,8H,6-7H2,1-2H3,(H,12,14)(H,15,16). The molecule has 1 unspecified atom stereocenters. The molecule has 1 amide bonds. The molecule has 1 aromatic rings. The summed E-state index contributed by atoms with van der Waals surface area (Å²) in [7, 11) is 3.85. The maximum absolute atomic E-state index is 11.2. The van der Waals surface area contributed by atoms with Gasteiger partial charge in [0.25, 0.3) is 0 Å². The summed E-state index contributed by atoms with van der Waals surface area (Å²) in [6.45, 7) is 0.416. The molecule has 0 aliphatic carbocycles. The van der Waals surface area contributed by atoms with Crippen molar-refractivity contribution >= 4 is 23.2 Å². The van der Waals surface area contributed by atoms with Crippen LogP contribution in [0.2, 0.25) is 0 Å². The maximum Gasteiger partial charge on any atom is 0.312 e. The number of nitrogens with zero attached hydrogens (tertiary/aromatic N) is 1. The molecule has 0 saturated carbocycles. The van der Waals surface area contributed by atoms with Crippen LogP contribution in [0, 0.1) is 0 Å². The van der Waals surface area contributed by atoms with Gasteiger partial charge >= 0.3 is 5.97 Å². The number of carbonyl (C=O) groups is 2. The van der Waals surface area contributed by atoms with E-state index in [9.17, 15) is 9.59 Å². The van der Waals surface area contributed by atoms with Crippen LogP contribution in [0.15, 0.2) is 17.5 Å². The Labute approximate surface area is 104 Å². The van der Waals surface area contributed by atoms with E-state index in [0.717, 1.165) is 4.88 Å². The predicted octanol–water partition coefficient (Wildman–Crippen LogP) is 0.942. The van der Waals surface area contributed by atoms with Gasteiger partial charge in [0.05, 0.1) is 6.04 Å². The van der Waals surface area contributed by atoms with Crippen LogP contribution < -0.4 is 5.32 Å². The van der Waals surface area contributed by atoms with Crippen molar-refractivity contribution in [3.05, 3.63) is 22.4 Å². The van der Waals surface area contributed by atoms with Gasteiger partial charge in [0, 0.05) is 11.4 Å². The second-order valence-electron chi connectivity index (χ2n) is 3.87. The summed E-state index contributed by atoms with van der Waals surface area (Å²) >= 11 is 1.62. The Morgan fingerprint density at radius 3 is 2.71 bits per heavy atom. The van der Waals surface area contributed by atoms with Gasteiger partial charge in [-0.3, -0.25) is 9.59 Å². The third-order valence-corrected chi connectivity index (χ3v) is 3.27. The number of carbonyl (C=O) groups excluding carboxylic acids is 1. The number of hydrogen-bond donors (Lipinski definition) is 2. The van der Waals surface area contributed by atoms with Crippen LogP contribution in [0.4, 0.5) is 0 Å². The fraction of sp³-hybridized carbons (Fsp3) is 0.455. The van der Waals surface area contributed by atoms with Gasteiger partial charge in [-0.1, -0.05) is 6.07 Å². The summed E-state index contributed by atoms with van der Waals surface area (Å²) in [5.41, 5.74) is 0. The minimum atomic E-state index is -1.11. The van der Waals surface area contributed by atoms with Crippen molar-refractivity contribution in [3.63, 3.8) is 0 Å². The van der Waals surface area contributed by atoms with Gasteiger partial charge in [0.15, 0.2) is 0 Å². The van der Waals surface area contributed by atoms with E-state index in [2.05, 4.69) is 5.32 Å². The van der Waals surface area contributed by atoms with Crippen molar-refractivity contribution in [2.75, 3.05) is 20.6 Å². The quantitative estimate of drug-likeness (QED) is 0.743.